The van der Waals surface area contributed by atoms with Crippen LogP contribution >= 0.6 is 15.9 Å². The molecule has 0 fully saturated rings. The van der Waals surface area contributed by atoms with Crippen LogP contribution in [0.4, 0.5) is 11.4 Å². The Morgan fingerprint density at radius 1 is 1.20 bits per heavy atom. The molecule has 0 aliphatic rings. The zero-order valence-corrected chi connectivity index (χ0v) is 12.8. The zero-order valence-electron chi connectivity index (χ0n) is 11.2. The lowest BCUT2D eigenvalue weighted by Crippen LogP contribution is -2.13. The van der Waals surface area contributed by atoms with Crippen molar-refractivity contribution >= 4 is 33.2 Å². The van der Waals surface area contributed by atoms with Gasteiger partial charge in [0.25, 0.3) is 5.91 Å². The average molecular weight is 335 g/mol. The molecule has 4 nitrogen and oxygen atoms in total. The van der Waals surface area contributed by atoms with Crippen molar-refractivity contribution in [2.24, 2.45) is 0 Å². The molecule has 2 N–H and O–H groups in total. The highest BCUT2D eigenvalue weighted by Crippen LogP contribution is 2.28. The number of benzene rings is 2. The first kappa shape index (κ1) is 14.4. The maximum atomic E-state index is 12.3. The predicted molar refractivity (Wildman–Crippen MR) is 84.6 cm³/mol. The van der Waals surface area contributed by atoms with Gasteiger partial charge in [-0.25, -0.2) is 0 Å². The molecule has 0 unspecified atom stereocenters. The molecule has 104 valence electrons. The third kappa shape index (κ3) is 3.11. The van der Waals surface area contributed by atoms with Crippen LogP contribution in [0.3, 0.4) is 0 Å². The Bertz CT molecular complexity index is 629. The number of anilines is 2. The zero-order chi connectivity index (χ0) is 14.5. The summed E-state index contributed by atoms with van der Waals surface area (Å²) in [5.74, 6) is 0.561. The molecule has 2 rings (SSSR count). The predicted octanol–water partition coefficient (Wildman–Crippen LogP) is 3.75. The normalized spacial score (nSPS) is 9.95. The van der Waals surface area contributed by atoms with E-state index in [0.29, 0.717) is 11.3 Å². The van der Waals surface area contributed by atoms with Gasteiger partial charge in [0.1, 0.15) is 5.75 Å². The molecule has 2 aromatic rings. The summed E-state index contributed by atoms with van der Waals surface area (Å²) in [6.45, 7) is 0. The lowest BCUT2D eigenvalue weighted by molar-refractivity contribution is 0.102. The second-order valence-electron chi connectivity index (χ2n) is 4.10. The van der Waals surface area contributed by atoms with Crippen LogP contribution in [-0.2, 0) is 0 Å². The molecule has 0 aliphatic carbocycles. The van der Waals surface area contributed by atoms with Gasteiger partial charge in [-0.05, 0) is 46.3 Å². The van der Waals surface area contributed by atoms with E-state index in [1.165, 1.54) is 0 Å². The fourth-order valence-corrected chi connectivity index (χ4v) is 2.38. The second-order valence-corrected chi connectivity index (χ2v) is 4.95. The van der Waals surface area contributed by atoms with Crippen LogP contribution in [0.5, 0.6) is 5.75 Å². The number of carbonyl (C=O) groups excluding carboxylic acids is 1. The molecule has 1 amide bonds. The third-order valence-electron chi connectivity index (χ3n) is 2.85. The standard InChI is InChI=1S/C15H15BrN2O2/c1-17-13-6-4-3-5-11(13)15(19)18-10-7-8-14(20-2)12(16)9-10/h3-9,17H,1-2H3,(H,18,19). The Kier molecular flexibility index (Phi) is 4.63. The van der Waals surface area contributed by atoms with Crippen LogP contribution in [0.15, 0.2) is 46.9 Å². The number of hydrogen-bond acceptors (Lipinski definition) is 3. The maximum Gasteiger partial charge on any atom is 0.257 e. The summed E-state index contributed by atoms with van der Waals surface area (Å²) in [4.78, 5) is 12.3. The molecule has 0 spiro atoms. The second kappa shape index (κ2) is 6.43. The van der Waals surface area contributed by atoms with E-state index in [2.05, 4.69) is 26.6 Å². The molecule has 0 bridgehead atoms. The molecular formula is C15H15BrN2O2. The number of nitrogens with one attached hydrogen (secondary N) is 2. The molecule has 2 aromatic carbocycles. The molecule has 0 saturated carbocycles. The minimum Gasteiger partial charge on any atom is -0.496 e. The van der Waals surface area contributed by atoms with Gasteiger partial charge in [0.15, 0.2) is 0 Å². The smallest absolute Gasteiger partial charge is 0.257 e. The molecule has 0 heterocycles. The molecule has 5 heteroatoms. The number of para-hydroxylation sites is 1. The van der Waals surface area contributed by atoms with E-state index in [0.717, 1.165) is 15.9 Å². The van der Waals surface area contributed by atoms with Crippen LogP contribution in [-0.4, -0.2) is 20.1 Å². The summed E-state index contributed by atoms with van der Waals surface area (Å²) < 4.78 is 5.95. The molecular weight excluding hydrogens is 320 g/mol. The lowest BCUT2D eigenvalue weighted by atomic mass is 10.1. The Morgan fingerprint density at radius 2 is 1.95 bits per heavy atom. The summed E-state index contributed by atoms with van der Waals surface area (Å²) >= 11 is 3.39. The van der Waals surface area contributed by atoms with E-state index in [9.17, 15) is 4.79 Å². The Hall–Kier alpha value is -2.01. The van der Waals surface area contributed by atoms with E-state index >= 15 is 0 Å². The first-order chi connectivity index (χ1) is 9.65. The Balaban J connectivity index is 2.21. The summed E-state index contributed by atoms with van der Waals surface area (Å²) in [6, 6.07) is 12.7. The summed E-state index contributed by atoms with van der Waals surface area (Å²) in [5.41, 5.74) is 2.09. The largest absolute Gasteiger partial charge is 0.496 e. The minimum atomic E-state index is -0.160. The lowest BCUT2D eigenvalue weighted by Gasteiger charge is -2.11. The average Bonchev–Trinajstić information content (AvgIpc) is 2.47. The van der Waals surface area contributed by atoms with E-state index in [4.69, 9.17) is 4.74 Å². The number of amides is 1. The highest BCUT2D eigenvalue weighted by Gasteiger charge is 2.11. The number of ether oxygens (including phenoxy) is 1. The first-order valence-electron chi connectivity index (χ1n) is 6.07. The monoisotopic (exact) mass is 334 g/mol. The van der Waals surface area contributed by atoms with Gasteiger partial charge < -0.3 is 15.4 Å². The molecule has 0 atom stereocenters. The van der Waals surface area contributed by atoms with Gasteiger partial charge in [0, 0.05) is 18.4 Å². The van der Waals surface area contributed by atoms with Gasteiger partial charge in [-0.2, -0.15) is 0 Å². The van der Waals surface area contributed by atoms with E-state index in [1.807, 2.05) is 18.2 Å². The number of rotatable bonds is 4. The fourth-order valence-electron chi connectivity index (χ4n) is 1.84. The quantitative estimate of drug-likeness (QED) is 0.895. The van der Waals surface area contributed by atoms with Crippen LogP contribution < -0.4 is 15.4 Å². The van der Waals surface area contributed by atoms with E-state index in [1.54, 1.807) is 38.4 Å². The SMILES string of the molecule is CNc1ccccc1C(=O)Nc1ccc(OC)c(Br)c1. The van der Waals surface area contributed by atoms with Gasteiger partial charge in [0.2, 0.25) is 0 Å². The number of hydrogen-bond donors (Lipinski definition) is 2. The molecule has 0 saturated heterocycles. The number of halogens is 1. The summed E-state index contributed by atoms with van der Waals surface area (Å²) in [5, 5.41) is 5.86. The van der Waals surface area contributed by atoms with E-state index < -0.39 is 0 Å². The van der Waals surface area contributed by atoms with Gasteiger partial charge in [-0.15, -0.1) is 0 Å². The minimum absolute atomic E-state index is 0.160. The van der Waals surface area contributed by atoms with Crippen molar-refractivity contribution in [3.05, 3.63) is 52.5 Å². The van der Waals surface area contributed by atoms with Crippen LogP contribution in [0, 0.1) is 0 Å². The van der Waals surface area contributed by atoms with Crippen molar-refractivity contribution in [3.63, 3.8) is 0 Å². The third-order valence-corrected chi connectivity index (χ3v) is 3.47. The van der Waals surface area contributed by atoms with E-state index in [-0.39, 0.29) is 5.91 Å². The number of carbonyl (C=O) groups is 1. The maximum absolute atomic E-state index is 12.3. The van der Waals surface area contributed by atoms with Gasteiger partial charge in [0.05, 0.1) is 17.1 Å². The summed E-state index contributed by atoms with van der Waals surface area (Å²) in [7, 11) is 3.39. The van der Waals surface area contributed by atoms with Crippen LogP contribution in [0.25, 0.3) is 0 Å². The van der Waals surface area contributed by atoms with Crippen molar-refractivity contribution < 1.29 is 9.53 Å². The van der Waals surface area contributed by atoms with Gasteiger partial charge >= 0.3 is 0 Å². The van der Waals surface area contributed by atoms with Crippen LogP contribution in [0.1, 0.15) is 10.4 Å². The highest BCUT2D eigenvalue weighted by atomic mass is 79.9. The Morgan fingerprint density at radius 3 is 2.60 bits per heavy atom. The summed E-state index contributed by atoms with van der Waals surface area (Å²) in [6.07, 6.45) is 0. The van der Waals surface area contributed by atoms with Crippen LogP contribution in [0.2, 0.25) is 0 Å². The molecule has 0 aromatic heterocycles. The van der Waals surface area contributed by atoms with Gasteiger partial charge in [-0.3, -0.25) is 4.79 Å². The van der Waals surface area contributed by atoms with Crippen molar-refractivity contribution in [3.8, 4) is 5.75 Å². The number of methoxy groups -OCH3 is 1. The van der Waals surface area contributed by atoms with Crippen molar-refractivity contribution in [2.75, 3.05) is 24.8 Å². The van der Waals surface area contributed by atoms with Crippen molar-refractivity contribution in [1.29, 1.82) is 0 Å². The first-order valence-corrected chi connectivity index (χ1v) is 6.86. The van der Waals surface area contributed by atoms with Gasteiger partial charge in [-0.1, -0.05) is 12.1 Å². The Labute approximate surface area is 126 Å². The molecule has 0 aliphatic heterocycles. The van der Waals surface area contributed by atoms with Crippen molar-refractivity contribution in [2.45, 2.75) is 0 Å². The molecule has 0 radical (unpaired) electrons. The topological polar surface area (TPSA) is 50.4 Å². The molecule has 20 heavy (non-hydrogen) atoms. The fraction of sp³-hybridized carbons (Fsp3) is 0.133. The van der Waals surface area contributed by atoms with Crippen molar-refractivity contribution in [1.82, 2.24) is 0 Å². The highest BCUT2D eigenvalue weighted by molar-refractivity contribution is 9.10.